The number of rotatable bonds is 6. The predicted molar refractivity (Wildman–Crippen MR) is 138 cm³/mol. The summed E-state index contributed by atoms with van der Waals surface area (Å²) in [5.41, 5.74) is 1.53. The Kier molecular flexibility index (Phi) is 7.04. The molecule has 0 aliphatic carbocycles. The molecule has 3 amide bonds. The van der Waals surface area contributed by atoms with Crippen LogP contribution in [0.25, 0.3) is 11.2 Å². The molecule has 0 bridgehead atoms. The number of anilines is 1. The maximum absolute atomic E-state index is 13.7. The van der Waals surface area contributed by atoms with Gasteiger partial charge < -0.3 is 29.5 Å². The average molecular weight is 552 g/mol. The molecule has 3 fully saturated rings. The van der Waals surface area contributed by atoms with Crippen LogP contribution in [0.5, 0.6) is 0 Å². The Morgan fingerprint density at radius 3 is 2.50 bits per heavy atom. The van der Waals surface area contributed by atoms with E-state index in [4.69, 9.17) is 14.2 Å². The van der Waals surface area contributed by atoms with E-state index in [0.29, 0.717) is 43.6 Å². The van der Waals surface area contributed by atoms with Gasteiger partial charge in [0.05, 0.1) is 12.2 Å². The molecule has 3 N–H and O–H groups in total. The van der Waals surface area contributed by atoms with Crippen molar-refractivity contribution in [1.29, 1.82) is 0 Å². The van der Waals surface area contributed by atoms with Crippen molar-refractivity contribution in [2.75, 3.05) is 25.0 Å². The fourth-order valence-corrected chi connectivity index (χ4v) is 5.41. The minimum Gasteiger partial charge on any atom is -0.481 e. The number of carbonyl (C=O) groups is 3. The van der Waals surface area contributed by atoms with Crippen LogP contribution in [0.3, 0.4) is 0 Å². The van der Waals surface area contributed by atoms with Crippen LogP contribution in [0.1, 0.15) is 37.8 Å². The molecule has 14 nitrogen and oxygen atoms in total. The Balaban J connectivity index is 1.30. The molecule has 5 atom stereocenters. The molecule has 6 rings (SSSR count). The molecule has 3 aliphatic heterocycles. The van der Waals surface area contributed by atoms with Gasteiger partial charge in [0.25, 0.3) is 5.91 Å². The Morgan fingerprint density at radius 1 is 1.02 bits per heavy atom. The molecule has 2 aromatic heterocycles. The first-order chi connectivity index (χ1) is 19.4. The topological polar surface area (TPSA) is 170 Å². The highest BCUT2D eigenvalue weighted by Gasteiger charge is 2.57. The zero-order chi connectivity index (χ0) is 27.8. The number of amides is 3. The van der Waals surface area contributed by atoms with Crippen LogP contribution in [0.4, 0.5) is 10.6 Å². The van der Waals surface area contributed by atoms with Crippen LogP contribution in [0, 0.1) is 5.92 Å². The summed E-state index contributed by atoms with van der Waals surface area (Å²) in [4.78, 5) is 51.8. The first-order valence-corrected chi connectivity index (χ1v) is 13.2. The lowest BCUT2D eigenvalue weighted by Gasteiger charge is -2.32. The normalized spacial score (nSPS) is 26.5. The number of likely N-dealkylation sites (tertiary alicyclic amines) is 1. The van der Waals surface area contributed by atoms with Crippen LogP contribution in [-0.2, 0) is 23.8 Å². The van der Waals surface area contributed by atoms with Crippen molar-refractivity contribution in [3.8, 4) is 0 Å². The third kappa shape index (κ3) is 4.74. The van der Waals surface area contributed by atoms with E-state index in [1.807, 2.05) is 30.3 Å². The summed E-state index contributed by atoms with van der Waals surface area (Å²) >= 11 is 0. The van der Waals surface area contributed by atoms with Gasteiger partial charge in [0.1, 0.15) is 18.5 Å². The number of carboxylic acids is 1. The van der Waals surface area contributed by atoms with Crippen LogP contribution in [0.2, 0.25) is 0 Å². The second-order valence-corrected chi connectivity index (χ2v) is 9.86. The lowest BCUT2D eigenvalue weighted by atomic mass is 9.96. The molecule has 5 heterocycles. The highest BCUT2D eigenvalue weighted by atomic mass is 16.8. The molecular formula is C26H29N7O7. The monoisotopic (exact) mass is 551 g/mol. The van der Waals surface area contributed by atoms with Crippen molar-refractivity contribution >= 4 is 34.9 Å². The van der Waals surface area contributed by atoms with Crippen molar-refractivity contribution in [2.45, 2.75) is 50.6 Å². The number of hydrogen-bond donors (Lipinski definition) is 3. The molecule has 0 radical (unpaired) electrons. The lowest BCUT2D eigenvalue weighted by molar-refractivity contribution is -0.170. The Morgan fingerprint density at radius 2 is 1.77 bits per heavy atom. The van der Waals surface area contributed by atoms with Gasteiger partial charge in [0.15, 0.2) is 35.6 Å². The van der Waals surface area contributed by atoms with E-state index in [-0.39, 0.29) is 11.7 Å². The Hall–Kier alpha value is -4.14. The third-order valence-corrected chi connectivity index (χ3v) is 7.42. The number of piperidine rings is 1. The zero-order valence-corrected chi connectivity index (χ0v) is 21.7. The molecular weight excluding hydrogens is 522 g/mol. The number of imidazole rings is 1. The molecule has 3 aromatic rings. The van der Waals surface area contributed by atoms with Crippen molar-refractivity contribution in [3.63, 3.8) is 0 Å². The summed E-state index contributed by atoms with van der Waals surface area (Å²) in [5, 5.41) is 14.7. The van der Waals surface area contributed by atoms with E-state index in [0.717, 1.165) is 5.56 Å². The van der Waals surface area contributed by atoms with Gasteiger partial charge in [-0.2, -0.15) is 0 Å². The smallest absolute Gasteiger partial charge is 0.320 e. The number of aromatic nitrogens is 4. The highest BCUT2D eigenvalue weighted by Crippen LogP contribution is 2.45. The van der Waals surface area contributed by atoms with E-state index in [1.54, 1.807) is 16.4 Å². The first kappa shape index (κ1) is 26.1. The number of nitrogens with one attached hydrogen (secondary N) is 2. The summed E-state index contributed by atoms with van der Waals surface area (Å²) < 4.78 is 20.6. The van der Waals surface area contributed by atoms with Crippen LogP contribution in [0.15, 0.2) is 43.0 Å². The predicted octanol–water partition coefficient (Wildman–Crippen LogP) is 1.67. The van der Waals surface area contributed by atoms with Gasteiger partial charge in [0.2, 0.25) is 0 Å². The van der Waals surface area contributed by atoms with Crippen molar-refractivity contribution in [1.82, 2.24) is 29.7 Å². The van der Waals surface area contributed by atoms with E-state index in [9.17, 15) is 19.5 Å². The summed E-state index contributed by atoms with van der Waals surface area (Å²) in [6, 6.07) is 8.99. The Bertz CT molecular complexity index is 1410. The van der Waals surface area contributed by atoms with E-state index in [1.165, 1.54) is 12.7 Å². The summed E-state index contributed by atoms with van der Waals surface area (Å²) in [6.45, 7) is 2.88. The first-order valence-electron chi connectivity index (χ1n) is 13.2. The van der Waals surface area contributed by atoms with Crippen LogP contribution in [-0.4, -0.2) is 85.4 Å². The van der Waals surface area contributed by atoms with Gasteiger partial charge >= 0.3 is 12.0 Å². The number of benzene rings is 1. The fraction of sp³-hybridized carbons (Fsp3) is 0.462. The third-order valence-electron chi connectivity index (χ3n) is 7.42. The van der Waals surface area contributed by atoms with Gasteiger partial charge in [-0.05, 0) is 19.8 Å². The largest absolute Gasteiger partial charge is 0.481 e. The number of urea groups is 1. The van der Waals surface area contributed by atoms with Gasteiger partial charge in [-0.25, -0.2) is 19.7 Å². The average Bonchev–Trinajstić information content (AvgIpc) is 3.68. The van der Waals surface area contributed by atoms with Gasteiger partial charge in [-0.15, -0.1) is 0 Å². The lowest BCUT2D eigenvalue weighted by Crippen LogP contribution is -2.48. The molecule has 0 saturated carbocycles. The molecule has 0 spiro atoms. The zero-order valence-electron chi connectivity index (χ0n) is 21.7. The molecule has 3 saturated heterocycles. The number of ether oxygens (including phenoxy) is 3. The SMILES string of the molecule is CCNC(=O)Nc1ncnc2c1ncn2C1OC(C(=O)N2CCC(C(=O)O)CC2)C2O[C@H](c3ccccc3)OC21. The van der Waals surface area contributed by atoms with E-state index < -0.39 is 48.7 Å². The molecule has 1 aromatic carbocycles. The standard InChI is InChI=1S/C26H29N7O7/c1-2-27-26(37)31-20-16-21(29-12-28-20)33(13-30-16)23-19-17(39-25(40-19)15-6-4-3-5-7-15)18(38-23)22(34)32-10-8-14(9-11-32)24(35)36/h3-7,12-14,17-19,23,25H,2,8-11H2,1H3,(H,35,36)(H2,27,28,29,31,37)/t17?,18?,19?,23?,25-/m0/s1. The highest BCUT2D eigenvalue weighted by molar-refractivity contribution is 5.95. The molecule has 3 aliphatic rings. The van der Waals surface area contributed by atoms with Crippen LogP contribution >= 0.6 is 0 Å². The quantitative estimate of drug-likeness (QED) is 0.409. The van der Waals surface area contributed by atoms with Crippen LogP contribution < -0.4 is 10.6 Å². The number of aliphatic carboxylic acids is 1. The molecule has 4 unspecified atom stereocenters. The van der Waals surface area contributed by atoms with Gasteiger partial charge in [0, 0.05) is 25.2 Å². The second-order valence-electron chi connectivity index (χ2n) is 9.86. The molecule has 40 heavy (non-hydrogen) atoms. The number of hydrogen-bond acceptors (Lipinski definition) is 9. The fourth-order valence-electron chi connectivity index (χ4n) is 5.41. The van der Waals surface area contributed by atoms with Gasteiger partial charge in [-0.3, -0.25) is 19.5 Å². The maximum atomic E-state index is 13.7. The summed E-state index contributed by atoms with van der Waals surface area (Å²) in [7, 11) is 0. The molecule has 14 heteroatoms. The number of carbonyl (C=O) groups excluding carboxylic acids is 2. The van der Waals surface area contributed by atoms with Gasteiger partial charge in [-0.1, -0.05) is 30.3 Å². The van der Waals surface area contributed by atoms with Crippen molar-refractivity contribution < 1.29 is 33.7 Å². The minimum absolute atomic E-state index is 0.226. The molecule has 210 valence electrons. The minimum atomic E-state index is -0.989. The number of carboxylic acid groups (broad SMARTS) is 1. The summed E-state index contributed by atoms with van der Waals surface area (Å²) in [6.07, 6.45) is -0.361. The van der Waals surface area contributed by atoms with E-state index in [2.05, 4.69) is 25.6 Å². The number of fused-ring (bicyclic) bond motifs is 2. The van der Waals surface area contributed by atoms with Crippen molar-refractivity contribution in [2.24, 2.45) is 5.92 Å². The Labute approximate surface area is 228 Å². The van der Waals surface area contributed by atoms with E-state index >= 15 is 0 Å². The number of nitrogens with zero attached hydrogens (tertiary/aromatic N) is 5. The summed E-state index contributed by atoms with van der Waals surface area (Å²) in [5.74, 6) is -1.38. The second kappa shape index (κ2) is 10.8. The van der Waals surface area contributed by atoms with Crippen molar-refractivity contribution in [3.05, 3.63) is 48.5 Å². The maximum Gasteiger partial charge on any atom is 0.320 e.